The number of rotatable bonds is 7. The summed E-state index contributed by atoms with van der Waals surface area (Å²) in [4.78, 5) is 11.8. The topological polar surface area (TPSA) is 87.4 Å². The zero-order chi connectivity index (χ0) is 14.3. The molecule has 5 N–H and O–H groups in total. The highest BCUT2D eigenvalue weighted by atomic mass is 16.3. The van der Waals surface area contributed by atoms with E-state index < -0.39 is 0 Å². The van der Waals surface area contributed by atoms with Crippen LogP contribution in [0.25, 0.3) is 0 Å². The summed E-state index contributed by atoms with van der Waals surface area (Å²) in [6.07, 6.45) is 4.90. The van der Waals surface area contributed by atoms with E-state index in [-0.39, 0.29) is 24.6 Å². The van der Waals surface area contributed by atoms with Crippen LogP contribution in [0.15, 0.2) is 0 Å². The van der Waals surface area contributed by atoms with Gasteiger partial charge in [0, 0.05) is 37.7 Å². The van der Waals surface area contributed by atoms with E-state index in [9.17, 15) is 9.90 Å². The summed E-state index contributed by atoms with van der Waals surface area (Å²) in [7, 11) is 0. The third-order valence-corrected chi connectivity index (χ3v) is 3.76. The van der Waals surface area contributed by atoms with Crippen LogP contribution in [0.2, 0.25) is 0 Å². The van der Waals surface area contributed by atoms with E-state index in [1.807, 2.05) is 13.8 Å². The van der Waals surface area contributed by atoms with Crippen molar-refractivity contribution in [3.05, 3.63) is 0 Å². The van der Waals surface area contributed by atoms with Gasteiger partial charge in [-0.2, -0.15) is 0 Å². The number of aliphatic hydroxyl groups excluding tert-OH is 1. The van der Waals surface area contributed by atoms with Crippen LogP contribution in [0.1, 0.15) is 46.0 Å². The van der Waals surface area contributed by atoms with Gasteiger partial charge >= 0.3 is 0 Å². The van der Waals surface area contributed by atoms with Gasteiger partial charge in [0.05, 0.1) is 0 Å². The molecule has 1 rings (SSSR count). The molecule has 0 heterocycles. The Kier molecular flexibility index (Phi) is 7.34. The highest BCUT2D eigenvalue weighted by Crippen LogP contribution is 2.24. The molecule has 1 aliphatic rings. The summed E-state index contributed by atoms with van der Waals surface area (Å²) in [6, 6.07) is 0.445. The van der Waals surface area contributed by atoms with Gasteiger partial charge in [0.25, 0.3) is 0 Å². The lowest BCUT2D eigenvalue weighted by Crippen LogP contribution is -2.50. The number of amides is 1. The third-order valence-electron chi connectivity index (χ3n) is 3.76. The first-order valence-electron chi connectivity index (χ1n) is 7.43. The molecule has 5 nitrogen and oxygen atoms in total. The van der Waals surface area contributed by atoms with Crippen molar-refractivity contribution in [1.29, 1.82) is 0 Å². The predicted molar refractivity (Wildman–Crippen MR) is 76.7 cm³/mol. The number of carbonyl (C=O) groups excluding carboxylic acids is 1. The fourth-order valence-corrected chi connectivity index (χ4v) is 2.76. The van der Waals surface area contributed by atoms with Crippen LogP contribution in [-0.4, -0.2) is 42.3 Å². The minimum Gasteiger partial charge on any atom is -0.396 e. The first-order valence-corrected chi connectivity index (χ1v) is 7.43. The molecule has 3 atom stereocenters. The largest absolute Gasteiger partial charge is 0.396 e. The number of hydrogen-bond donors (Lipinski definition) is 4. The first kappa shape index (κ1) is 16.4. The van der Waals surface area contributed by atoms with Gasteiger partial charge in [-0.15, -0.1) is 0 Å². The van der Waals surface area contributed by atoms with Gasteiger partial charge in [-0.05, 0) is 32.6 Å². The second-order valence-corrected chi connectivity index (χ2v) is 5.86. The lowest BCUT2D eigenvalue weighted by Gasteiger charge is -2.34. The lowest BCUT2D eigenvalue weighted by atomic mass is 9.84. The summed E-state index contributed by atoms with van der Waals surface area (Å²) in [5.74, 6) is 0.338. The Morgan fingerprint density at radius 3 is 2.63 bits per heavy atom. The second-order valence-electron chi connectivity index (χ2n) is 5.86. The molecule has 1 fully saturated rings. The van der Waals surface area contributed by atoms with Gasteiger partial charge in [-0.3, -0.25) is 4.79 Å². The fraction of sp³-hybridized carbons (Fsp3) is 0.929. The van der Waals surface area contributed by atoms with E-state index in [0.717, 1.165) is 12.8 Å². The maximum atomic E-state index is 11.8. The molecule has 1 amide bonds. The molecule has 19 heavy (non-hydrogen) atoms. The normalized spacial score (nSPS) is 25.3. The molecule has 3 unspecified atom stereocenters. The average molecular weight is 271 g/mol. The summed E-state index contributed by atoms with van der Waals surface area (Å²) in [5.41, 5.74) is 5.75. The minimum atomic E-state index is -0.00380. The molecule has 0 saturated heterocycles. The second kappa shape index (κ2) is 8.51. The van der Waals surface area contributed by atoms with Gasteiger partial charge < -0.3 is 21.5 Å². The summed E-state index contributed by atoms with van der Waals surface area (Å²) >= 11 is 0. The molecule has 0 aromatic carbocycles. The van der Waals surface area contributed by atoms with E-state index in [1.165, 1.54) is 12.8 Å². The van der Waals surface area contributed by atoms with Crippen LogP contribution in [0.4, 0.5) is 0 Å². The van der Waals surface area contributed by atoms with Gasteiger partial charge in [0.15, 0.2) is 0 Å². The summed E-state index contributed by atoms with van der Waals surface area (Å²) < 4.78 is 0. The number of nitrogens with one attached hydrogen (secondary N) is 2. The third kappa shape index (κ3) is 5.89. The number of hydrogen-bond acceptors (Lipinski definition) is 4. The highest BCUT2D eigenvalue weighted by molar-refractivity contribution is 5.76. The molecular weight excluding hydrogens is 242 g/mol. The Labute approximate surface area is 116 Å². The highest BCUT2D eigenvalue weighted by Gasteiger charge is 2.26. The van der Waals surface area contributed by atoms with Gasteiger partial charge in [0.2, 0.25) is 5.91 Å². The van der Waals surface area contributed by atoms with Gasteiger partial charge in [0.1, 0.15) is 0 Å². The van der Waals surface area contributed by atoms with E-state index in [2.05, 4.69) is 10.6 Å². The Morgan fingerprint density at radius 2 is 2.05 bits per heavy atom. The zero-order valence-corrected chi connectivity index (χ0v) is 12.2. The average Bonchev–Trinajstić information content (AvgIpc) is 2.37. The summed E-state index contributed by atoms with van der Waals surface area (Å²) in [6.45, 7) is 4.56. The van der Waals surface area contributed by atoms with Crippen molar-refractivity contribution in [2.24, 2.45) is 11.7 Å². The quantitative estimate of drug-likeness (QED) is 0.539. The molecule has 0 aliphatic heterocycles. The van der Waals surface area contributed by atoms with Crippen LogP contribution >= 0.6 is 0 Å². The molecule has 0 bridgehead atoms. The molecule has 1 aliphatic carbocycles. The molecule has 0 aromatic heterocycles. The van der Waals surface area contributed by atoms with E-state index >= 15 is 0 Å². The fourth-order valence-electron chi connectivity index (χ4n) is 2.76. The SMILES string of the molecule is CC(C)NC(=O)CC(CN)NC1CCCCC1CO. The van der Waals surface area contributed by atoms with Crippen LogP contribution in [0.3, 0.4) is 0 Å². The van der Waals surface area contributed by atoms with Crippen LogP contribution in [0, 0.1) is 5.92 Å². The van der Waals surface area contributed by atoms with Gasteiger partial charge in [-0.25, -0.2) is 0 Å². The minimum absolute atomic E-state index is 0.00380. The lowest BCUT2D eigenvalue weighted by molar-refractivity contribution is -0.122. The van der Waals surface area contributed by atoms with Crippen molar-refractivity contribution in [1.82, 2.24) is 10.6 Å². The maximum Gasteiger partial charge on any atom is 0.221 e. The van der Waals surface area contributed by atoms with Crippen molar-refractivity contribution in [2.45, 2.75) is 64.1 Å². The molecule has 0 spiro atoms. The van der Waals surface area contributed by atoms with Crippen LogP contribution < -0.4 is 16.4 Å². The molecular formula is C14H29N3O2. The molecule has 1 saturated carbocycles. The Bertz CT molecular complexity index is 271. The van der Waals surface area contributed by atoms with Crippen LogP contribution in [0.5, 0.6) is 0 Å². The van der Waals surface area contributed by atoms with Crippen molar-refractivity contribution in [2.75, 3.05) is 13.2 Å². The standard InChI is InChI=1S/C14H29N3O2/c1-10(2)16-14(19)7-12(8-15)17-13-6-4-3-5-11(13)9-18/h10-13,17-18H,3-9,15H2,1-2H3,(H,16,19). The molecule has 0 aromatic rings. The zero-order valence-electron chi connectivity index (χ0n) is 12.2. The predicted octanol–water partition coefficient (Wildman–Crippen LogP) is 0.369. The maximum absolute atomic E-state index is 11.8. The summed E-state index contributed by atoms with van der Waals surface area (Å²) in [5, 5.41) is 15.7. The van der Waals surface area contributed by atoms with Crippen molar-refractivity contribution < 1.29 is 9.90 Å². The molecule has 0 radical (unpaired) electrons. The monoisotopic (exact) mass is 271 g/mol. The first-order chi connectivity index (χ1) is 9.06. The number of aliphatic hydroxyl groups is 1. The Balaban J connectivity index is 2.43. The van der Waals surface area contributed by atoms with E-state index in [4.69, 9.17) is 5.73 Å². The number of nitrogens with two attached hydrogens (primary N) is 1. The van der Waals surface area contributed by atoms with Crippen molar-refractivity contribution in [3.8, 4) is 0 Å². The molecule has 112 valence electrons. The Morgan fingerprint density at radius 1 is 1.37 bits per heavy atom. The van der Waals surface area contributed by atoms with E-state index in [1.54, 1.807) is 0 Å². The van der Waals surface area contributed by atoms with Crippen molar-refractivity contribution in [3.63, 3.8) is 0 Å². The molecule has 5 heteroatoms. The van der Waals surface area contributed by atoms with Crippen LogP contribution in [-0.2, 0) is 4.79 Å². The van der Waals surface area contributed by atoms with Crippen molar-refractivity contribution >= 4 is 5.91 Å². The van der Waals surface area contributed by atoms with E-state index in [0.29, 0.717) is 24.9 Å². The Hall–Kier alpha value is -0.650. The smallest absolute Gasteiger partial charge is 0.221 e. The van der Waals surface area contributed by atoms with Gasteiger partial charge in [-0.1, -0.05) is 12.8 Å². The number of carbonyl (C=O) groups is 1.